The molecule has 0 atom stereocenters. The lowest BCUT2D eigenvalue weighted by Gasteiger charge is -2.43. The second-order valence-electron chi connectivity index (χ2n) is 12.7. The van der Waals surface area contributed by atoms with Crippen LogP contribution in [0.5, 0.6) is 0 Å². The van der Waals surface area contributed by atoms with Crippen molar-refractivity contribution in [3.8, 4) is 11.3 Å². The average molecular weight is 527 g/mol. The molecule has 3 aliphatic rings. The zero-order valence-corrected chi connectivity index (χ0v) is 22.9. The van der Waals surface area contributed by atoms with Crippen molar-refractivity contribution in [2.45, 2.75) is 77.1 Å². The molecule has 0 bridgehead atoms. The maximum atomic E-state index is 9.75. The van der Waals surface area contributed by atoms with Gasteiger partial charge in [0.15, 0.2) is 12.7 Å². The highest BCUT2D eigenvalue weighted by molar-refractivity contribution is 6.17. The normalized spacial score (nSPS) is 21.3. The number of fused-ring (bicyclic) bond motifs is 10. The van der Waals surface area contributed by atoms with Crippen LogP contribution >= 0.6 is 0 Å². The summed E-state index contributed by atoms with van der Waals surface area (Å²) in [5.41, 5.74) is 6.22. The van der Waals surface area contributed by atoms with Gasteiger partial charge >= 0.3 is 0 Å². The summed E-state index contributed by atoms with van der Waals surface area (Å²) in [7, 11) is 0. The molecule has 1 spiro atoms. The standard InChI is InChI=1S/C38H36NO/c1-24-22-39-23-28-11-12-30-33-19-27-10-9-25-7-3-4-8-29(25)32(27)21-35(33)40-37(30)36(28)34(39)20-31(24)26-13-17-38(18-14-26)15-5-2-6-16-38/h3-4,7-12,19-22,26H,2,5-6,13-18,23H2,1H3/q+1/i1D3,26D. The van der Waals surface area contributed by atoms with E-state index < -0.39 is 12.7 Å². The van der Waals surface area contributed by atoms with Crippen molar-refractivity contribution >= 4 is 43.5 Å². The lowest BCUT2D eigenvalue weighted by Crippen LogP contribution is -2.34. The minimum absolute atomic E-state index is 0.336. The van der Waals surface area contributed by atoms with E-state index in [1.807, 2.05) is 6.20 Å². The van der Waals surface area contributed by atoms with Crippen molar-refractivity contribution in [1.29, 1.82) is 0 Å². The van der Waals surface area contributed by atoms with Crippen LogP contribution < -0.4 is 4.57 Å². The Morgan fingerprint density at radius 3 is 2.55 bits per heavy atom. The first-order valence-electron chi connectivity index (χ1n) is 17.1. The minimum atomic E-state index is -2.28. The van der Waals surface area contributed by atoms with E-state index in [9.17, 15) is 1.37 Å². The minimum Gasteiger partial charge on any atom is -0.455 e. The van der Waals surface area contributed by atoms with E-state index in [0.29, 0.717) is 23.1 Å². The second-order valence-corrected chi connectivity index (χ2v) is 12.7. The molecule has 9 rings (SSSR count). The topological polar surface area (TPSA) is 17.0 Å². The molecular weight excluding hydrogens is 486 g/mol. The van der Waals surface area contributed by atoms with Crippen LogP contribution in [0.2, 0.25) is 0 Å². The second kappa shape index (κ2) is 8.43. The number of aryl methyl sites for hydroxylation is 1. The molecule has 0 amide bonds. The zero-order valence-electron chi connectivity index (χ0n) is 26.9. The molecular formula is C38H36NO+. The molecule has 2 saturated carbocycles. The molecule has 2 aromatic heterocycles. The molecule has 0 N–H and O–H groups in total. The Morgan fingerprint density at radius 1 is 0.825 bits per heavy atom. The van der Waals surface area contributed by atoms with Crippen LogP contribution in [-0.4, -0.2) is 0 Å². The average Bonchev–Trinajstić information content (AvgIpc) is 3.58. The highest BCUT2D eigenvalue weighted by atomic mass is 16.3. The lowest BCUT2D eigenvalue weighted by molar-refractivity contribution is -0.672. The van der Waals surface area contributed by atoms with Crippen molar-refractivity contribution in [3.05, 3.63) is 89.6 Å². The van der Waals surface area contributed by atoms with E-state index in [-0.39, 0.29) is 0 Å². The van der Waals surface area contributed by atoms with Gasteiger partial charge in [-0.25, -0.2) is 0 Å². The summed E-state index contributed by atoms with van der Waals surface area (Å²) in [5, 5.41) is 6.94. The van der Waals surface area contributed by atoms with Crippen LogP contribution in [0.25, 0.3) is 54.7 Å². The molecule has 1 aliphatic heterocycles. The van der Waals surface area contributed by atoms with Crippen LogP contribution in [0.3, 0.4) is 0 Å². The van der Waals surface area contributed by atoms with Gasteiger partial charge in [0.25, 0.3) is 0 Å². The Hall–Kier alpha value is -3.65. The third-order valence-corrected chi connectivity index (χ3v) is 10.6. The molecule has 2 fully saturated rings. The Kier molecular flexibility index (Phi) is 4.09. The number of furan rings is 1. The smallest absolute Gasteiger partial charge is 0.217 e. The van der Waals surface area contributed by atoms with Gasteiger partial charge in [-0.2, -0.15) is 4.57 Å². The fourth-order valence-electron chi connectivity index (χ4n) is 8.36. The molecule has 6 aromatic rings. The summed E-state index contributed by atoms with van der Waals surface area (Å²) < 4.78 is 44.0. The Balaban J connectivity index is 1.22. The predicted octanol–water partition coefficient (Wildman–Crippen LogP) is 10.1. The summed E-state index contributed by atoms with van der Waals surface area (Å²) in [5.74, 6) is -0.897. The third-order valence-electron chi connectivity index (χ3n) is 10.6. The number of rotatable bonds is 1. The van der Waals surface area contributed by atoms with E-state index in [1.165, 1.54) is 53.6 Å². The lowest BCUT2D eigenvalue weighted by atomic mass is 9.62. The molecule has 2 nitrogen and oxygen atoms in total. The monoisotopic (exact) mass is 526 g/mol. The molecule has 40 heavy (non-hydrogen) atoms. The molecule has 2 aliphatic carbocycles. The first kappa shape index (κ1) is 19.4. The highest BCUT2D eigenvalue weighted by Gasteiger charge is 2.38. The van der Waals surface area contributed by atoms with E-state index in [2.05, 4.69) is 71.3 Å². The van der Waals surface area contributed by atoms with E-state index in [1.54, 1.807) is 0 Å². The fraction of sp³-hybridized carbons (Fsp3) is 0.342. The summed E-state index contributed by atoms with van der Waals surface area (Å²) in [6, 6.07) is 23.6. The van der Waals surface area contributed by atoms with Crippen LogP contribution in [0.4, 0.5) is 0 Å². The first-order chi connectivity index (χ1) is 21.2. The van der Waals surface area contributed by atoms with E-state index in [0.717, 1.165) is 64.4 Å². The van der Waals surface area contributed by atoms with Gasteiger partial charge in [0.05, 0.1) is 5.56 Å². The van der Waals surface area contributed by atoms with Gasteiger partial charge in [-0.1, -0.05) is 61.7 Å². The van der Waals surface area contributed by atoms with Crippen LogP contribution in [0, 0.1) is 12.3 Å². The molecule has 0 radical (unpaired) electrons. The molecule has 3 heterocycles. The number of pyridine rings is 1. The number of benzene rings is 4. The summed E-state index contributed by atoms with van der Waals surface area (Å²) >= 11 is 0. The molecule has 2 heteroatoms. The number of hydrogen-bond donors (Lipinski definition) is 0. The number of aromatic nitrogens is 1. The van der Waals surface area contributed by atoms with Gasteiger partial charge in [0.1, 0.15) is 11.2 Å². The quantitative estimate of drug-likeness (QED) is 0.154. The van der Waals surface area contributed by atoms with Crippen molar-refractivity contribution in [2.75, 3.05) is 0 Å². The van der Waals surface area contributed by atoms with Gasteiger partial charge in [-0.15, -0.1) is 0 Å². The molecule has 4 aromatic carbocycles. The van der Waals surface area contributed by atoms with Crippen LogP contribution in [-0.2, 0) is 6.54 Å². The van der Waals surface area contributed by atoms with Crippen molar-refractivity contribution in [1.82, 2.24) is 0 Å². The maximum Gasteiger partial charge on any atom is 0.217 e. The largest absolute Gasteiger partial charge is 0.455 e. The Bertz CT molecular complexity index is 2140. The van der Waals surface area contributed by atoms with Crippen LogP contribution in [0.15, 0.2) is 77.3 Å². The summed E-state index contributed by atoms with van der Waals surface area (Å²) in [4.78, 5) is 0. The predicted molar refractivity (Wildman–Crippen MR) is 165 cm³/mol. The summed E-state index contributed by atoms with van der Waals surface area (Å²) in [6.07, 6.45) is 11.7. The van der Waals surface area contributed by atoms with Crippen LogP contribution in [0.1, 0.15) is 85.9 Å². The first-order valence-corrected chi connectivity index (χ1v) is 15.1. The van der Waals surface area contributed by atoms with Gasteiger partial charge in [0.2, 0.25) is 5.69 Å². The third kappa shape index (κ3) is 3.32. The van der Waals surface area contributed by atoms with Crippen molar-refractivity contribution in [3.63, 3.8) is 0 Å². The molecule has 0 saturated heterocycles. The van der Waals surface area contributed by atoms with Gasteiger partial charge < -0.3 is 4.42 Å². The maximum absolute atomic E-state index is 9.75. The van der Waals surface area contributed by atoms with Crippen molar-refractivity contribution in [2.24, 2.45) is 5.41 Å². The van der Waals surface area contributed by atoms with Gasteiger partial charge in [0, 0.05) is 33.4 Å². The summed E-state index contributed by atoms with van der Waals surface area (Å²) in [6.45, 7) is -1.68. The molecule has 0 unspecified atom stereocenters. The van der Waals surface area contributed by atoms with Crippen molar-refractivity contribution < 1.29 is 14.5 Å². The van der Waals surface area contributed by atoms with Gasteiger partial charge in [-0.3, -0.25) is 0 Å². The van der Waals surface area contributed by atoms with Gasteiger partial charge in [-0.05, 0) is 102 Å². The fourth-order valence-corrected chi connectivity index (χ4v) is 8.36. The van der Waals surface area contributed by atoms with E-state index in [4.69, 9.17) is 8.53 Å². The number of hydrogen-bond acceptors (Lipinski definition) is 1. The Morgan fingerprint density at radius 2 is 1.68 bits per heavy atom. The SMILES string of the molecule is [2H]C([2H])([2H])c1c[n+]2c(cc1C1([2H])CCC3(CCCCC3)CC1)-c1c(ccc3c1oc1cc4c(ccc5ccccc54)cc13)C2. The highest BCUT2D eigenvalue weighted by Crippen LogP contribution is 2.52. The molecule has 198 valence electrons. The zero-order chi connectivity index (χ0) is 29.8. The Labute approximate surface area is 241 Å². The number of nitrogens with zero attached hydrogens (tertiary/aromatic N) is 1. The van der Waals surface area contributed by atoms with E-state index >= 15 is 0 Å².